The maximum absolute atomic E-state index is 12.1. The summed E-state index contributed by atoms with van der Waals surface area (Å²) in [7, 11) is -3.49. The van der Waals surface area contributed by atoms with Crippen molar-refractivity contribution < 1.29 is 13.2 Å². The molecule has 1 aliphatic rings. The molecular formula is C12H20N4O3S. The number of amides is 1. The summed E-state index contributed by atoms with van der Waals surface area (Å²) in [5, 5.41) is 3.59. The summed E-state index contributed by atoms with van der Waals surface area (Å²) < 4.78 is 25.2. The Morgan fingerprint density at radius 2 is 2.05 bits per heavy atom. The normalized spacial score (nSPS) is 15.9. The second-order valence-electron chi connectivity index (χ2n) is 5.00. The minimum atomic E-state index is -3.49. The molecule has 1 aromatic heterocycles. The Morgan fingerprint density at radius 1 is 1.40 bits per heavy atom. The minimum absolute atomic E-state index is 0.0798. The Morgan fingerprint density at radius 3 is 2.55 bits per heavy atom. The van der Waals surface area contributed by atoms with E-state index in [2.05, 4.69) is 10.1 Å². The number of hydrogen-bond donors (Lipinski definition) is 0. The molecule has 0 aliphatic heterocycles. The fourth-order valence-electron chi connectivity index (χ4n) is 2.17. The number of hydrogen-bond acceptors (Lipinski definition) is 5. The molecule has 1 amide bonds. The highest BCUT2D eigenvalue weighted by Gasteiger charge is 2.29. The molecule has 0 bridgehead atoms. The predicted octanol–water partition coefficient (Wildman–Crippen LogP) is 1.16. The van der Waals surface area contributed by atoms with E-state index in [0.717, 1.165) is 23.9 Å². The van der Waals surface area contributed by atoms with E-state index in [1.807, 2.05) is 13.8 Å². The van der Waals surface area contributed by atoms with Gasteiger partial charge in [-0.15, -0.1) is 5.10 Å². The standard InChI is InChI=1S/C12H20N4O3S/c1-3-15(4-2)12(17)16-9-13-11(14-16)20(18,19)8-10-6-5-7-10/h9-10H,3-8H2,1-2H3. The van der Waals surface area contributed by atoms with Gasteiger partial charge in [-0.05, 0) is 32.6 Å². The van der Waals surface area contributed by atoms with Crippen molar-refractivity contribution in [2.24, 2.45) is 5.92 Å². The number of sulfone groups is 1. The van der Waals surface area contributed by atoms with Crippen molar-refractivity contribution in [1.29, 1.82) is 0 Å². The first-order valence-corrected chi connectivity index (χ1v) is 8.56. The lowest BCUT2D eigenvalue weighted by Gasteiger charge is -2.24. The Balaban J connectivity index is 2.13. The van der Waals surface area contributed by atoms with Crippen molar-refractivity contribution in [3.63, 3.8) is 0 Å². The van der Waals surface area contributed by atoms with Gasteiger partial charge in [0, 0.05) is 13.1 Å². The van der Waals surface area contributed by atoms with E-state index in [1.54, 1.807) is 4.90 Å². The lowest BCUT2D eigenvalue weighted by molar-refractivity contribution is 0.201. The van der Waals surface area contributed by atoms with Gasteiger partial charge in [0.05, 0.1) is 5.75 Å². The molecule has 2 rings (SSSR count). The third-order valence-electron chi connectivity index (χ3n) is 3.66. The maximum Gasteiger partial charge on any atom is 0.346 e. The largest absolute Gasteiger partial charge is 0.346 e. The van der Waals surface area contributed by atoms with E-state index < -0.39 is 9.84 Å². The second-order valence-corrected chi connectivity index (χ2v) is 6.93. The topological polar surface area (TPSA) is 85.2 Å². The summed E-state index contributed by atoms with van der Waals surface area (Å²) in [4.78, 5) is 17.4. The average molecular weight is 300 g/mol. The molecule has 0 radical (unpaired) electrons. The molecule has 112 valence electrons. The van der Waals surface area contributed by atoms with Gasteiger partial charge in [-0.25, -0.2) is 18.2 Å². The van der Waals surface area contributed by atoms with Crippen LogP contribution in [0, 0.1) is 5.92 Å². The molecule has 20 heavy (non-hydrogen) atoms. The number of carbonyl (C=O) groups is 1. The van der Waals surface area contributed by atoms with Gasteiger partial charge in [0.1, 0.15) is 6.33 Å². The van der Waals surface area contributed by atoms with Crippen LogP contribution < -0.4 is 0 Å². The number of carbonyl (C=O) groups excluding carboxylic acids is 1. The minimum Gasteiger partial charge on any atom is -0.323 e. The van der Waals surface area contributed by atoms with Gasteiger partial charge in [-0.3, -0.25) is 0 Å². The predicted molar refractivity (Wildman–Crippen MR) is 73.1 cm³/mol. The molecule has 1 fully saturated rings. The SMILES string of the molecule is CCN(CC)C(=O)n1cnc(S(=O)(=O)CC2CCC2)n1. The van der Waals surface area contributed by atoms with E-state index in [-0.39, 0.29) is 22.9 Å². The van der Waals surface area contributed by atoms with Crippen LogP contribution in [0.2, 0.25) is 0 Å². The second kappa shape index (κ2) is 5.90. The molecule has 0 unspecified atom stereocenters. The van der Waals surface area contributed by atoms with Gasteiger partial charge in [0.25, 0.3) is 5.16 Å². The fourth-order valence-corrected chi connectivity index (χ4v) is 3.69. The Hall–Kier alpha value is -1.44. The number of aromatic nitrogens is 3. The van der Waals surface area contributed by atoms with E-state index in [1.165, 1.54) is 6.33 Å². The Bertz CT molecular complexity index is 573. The quantitative estimate of drug-likeness (QED) is 0.814. The molecule has 1 saturated carbocycles. The Labute approximate surface area is 118 Å². The molecule has 0 atom stereocenters. The van der Waals surface area contributed by atoms with Crippen LogP contribution in [0.25, 0.3) is 0 Å². The van der Waals surface area contributed by atoms with E-state index in [0.29, 0.717) is 13.1 Å². The summed E-state index contributed by atoms with van der Waals surface area (Å²) >= 11 is 0. The molecular weight excluding hydrogens is 280 g/mol. The van der Waals surface area contributed by atoms with Crippen molar-refractivity contribution in [3.05, 3.63) is 6.33 Å². The molecule has 1 aromatic rings. The summed E-state index contributed by atoms with van der Waals surface area (Å²) in [5.74, 6) is 0.293. The molecule has 1 heterocycles. The zero-order valence-electron chi connectivity index (χ0n) is 11.8. The van der Waals surface area contributed by atoms with Crippen LogP contribution in [0.4, 0.5) is 4.79 Å². The highest BCUT2D eigenvalue weighted by atomic mass is 32.2. The fraction of sp³-hybridized carbons (Fsp3) is 0.750. The van der Waals surface area contributed by atoms with Crippen LogP contribution in [-0.2, 0) is 9.84 Å². The lowest BCUT2D eigenvalue weighted by Crippen LogP contribution is -2.34. The lowest BCUT2D eigenvalue weighted by atomic mass is 9.87. The summed E-state index contributed by atoms with van der Waals surface area (Å²) in [6.45, 7) is 4.79. The van der Waals surface area contributed by atoms with Crippen LogP contribution >= 0.6 is 0 Å². The zero-order chi connectivity index (χ0) is 14.8. The van der Waals surface area contributed by atoms with E-state index in [4.69, 9.17) is 0 Å². The first-order chi connectivity index (χ1) is 9.47. The van der Waals surface area contributed by atoms with Crippen molar-refractivity contribution in [1.82, 2.24) is 19.7 Å². The molecule has 0 spiro atoms. The van der Waals surface area contributed by atoms with Crippen LogP contribution in [0.3, 0.4) is 0 Å². The maximum atomic E-state index is 12.1. The third kappa shape index (κ3) is 3.00. The Kier molecular flexibility index (Phi) is 4.42. The molecule has 0 saturated heterocycles. The van der Waals surface area contributed by atoms with Crippen LogP contribution in [0.5, 0.6) is 0 Å². The molecule has 0 N–H and O–H groups in total. The average Bonchev–Trinajstić information content (AvgIpc) is 2.86. The van der Waals surface area contributed by atoms with Gasteiger partial charge < -0.3 is 4.90 Å². The number of rotatable bonds is 5. The van der Waals surface area contributed by atoms with E-state index in [9.17, 15) is 13.2 Å². The summed E-state index contributed by atoms with van der Waals surface area (Å²) in [6.07, 6.45) is 4.15. The number of nitrogens with zero attached hydrogens (tertiary/aromatic N) is 4. The van der Waals surface area contributed by atoms with Crippen LogP contribution in [0.15, 0.2) is 11.5 Å². The molecule has 0 aromatic carbocycles. The van der Waals surface area contributed by atoms with E-state index >= 15 is 0 Å². The highest BCUT2D eigenvalue weighted by molar-refractivity contribution is 7.91. The molecule has 7 nitrogen and oxygen atoms in total. The highest BCUT2D eigenvalue weighted by Crippen LogP contribution is 2.28. The summed E-state index contributed by atoms with van der Waals surface area (Å²) in [6, 6.07) is -0.354. The zero-order valence-corrected chi connectivity index (χ0v) is 12.6. The van der Waals surface area contributed by atoms with Gasteiger partial charge in [0.2, 0.25) is 9.84 Å². The summed E-state index contributed by atoms with van der Waals surface area (Å²) in [5.41, 5.74) is 0. The third-order valence-corrected chi connectivity index (χ3v) is 5.31. The molecule has 8 heteroatoms. The van der Waals surface area contributed by atoms with Gasteiger partial charge >= 0.3 is 6.03 Å². The van der Waals surface area contributed by atoms with Crippen molar-refractivity contribution in [2.45, 2.75) is 38.3 Å². The van der Waals surface area contributed by atoms with Gasteiger partial charge in [-0.2, -0.15) is 4.68 Å². The van der Waals surface area contributed by atoms with Crippen molar-refractivity contribution in [3.8, 4) is 0 Å². The monoisotopic (exact) mass is 300 g/mol. The van der Waals surface area contributed by atoms with Crippen LogP contribution in [0.1, 0.15) is 33.1 Å². The van der Waals surface area contributed by atoms with Crippen molar-refractivity contribution >= 4 is 15.9 Å². The first kappa shape index (κ1) is 15.0. The van der Waals surface area contributed by atoms with Crippen molar-refractivity contribution in [2.75, 3.05) is 18.8 Å². The smallest absolute Gasteiger partial charge is 0.323 e. The van der Waals surface area contributed by atoms with Gasteiger partial charge in [-0.1, -0.05) is 6.42 Å². The first-order valence-electron chi connectivity index (χ1n) is 6.91. The molecule has 1 aliphatic carbocycles. The van der Waals surface area contributed by atoms with Crippen LogP contribution in [-0.4, -0.2) is 53.0 Å². The van der Waals surface area contributed by atoms with Gasteiger partial charge in [0.15, 0.2) is 0 Å².